The summed E-state index contributed by atoms with van der Waals surface area (Å²) in [5, 5.41) is 8.67. The Balaban J connectivity index is 0.00000399. The van der Waals surface area contributed by atoms with E-state index in [-0.39, 0.29) is 17.4 Å². The number of likely N-dealkylation sites (N-methyl/N-ethyl adjacent to an activating group) is 1. The van der Waals surface area contributed by atoms with Gasteiger partial charge in [0, 0.05) is 31.3 Å². The van der Waals surface area contributed by atoms with Gasteiger partial charge in [0.2, 0.25) is 17.6 Å². The number of nitrogens with zero attached hydrogens (tertiary/aromatic N) is 3. The van der Waals surface area contributed by atoms with Crippen molar-refractivity contribution in [1.29, 1.82) is 0 Å². The molecule has 4 atom stereocenters. The zero-order valence-corrected chi connectivity index (χ0v) is 32.4. The molecule has 2 rings (SSSR count). The number of carbonyl (C=O) groups excluding carboxylic acids is 5. The van der Waals surface area contributed by atoms with Crippen molar-refractivity contribution in [2.75, 3.05) is 34.2 Å². The standard InChI is InChI=1S/C29H53N7O5S.C3H8.C2H6/c1-28(2,3)21(17-35(9)42-34(7)8)32-27(41)33-23(29(4,5)6)26(40)36-16-10-11-20(36)25(39)31-19(22(37)24(30)38)15-14-18-12-13-18;1-3-2;1-2/h18-21,23H,10-17H2,1-9H3,(H2,30,38)(H,31,39)(H2,32,33,41);3H2,1-2H3;1-2H3. The lowest BCUT2D eigenvalue weighted by Crippen LogP contribution is -2.61. The molecule has 0 aromatic heterocycles. The van der Waals surface area contributed by atoms with Gasteiger partial charge in [-0.25, -0.2) is 13.4 Å². The van der Waals surface area contributed by atoms with Gasteiger partial charge in [0.25, 0.3) is 5.91 Å². The highest BCUT2D eigenvalue weighted by Crippen LogP contribution is 2.34. The number of nitrogens with two attached hydrogens (primary N) is 1. The third-order valence-corrected chi connectivity index (χ3v) is 8.51. The number of hydrogen-bond donors (Lipinski definition) is 4. The van der Waals surface area contributed by atoms with Crippen LogP contribution in [0.2, 0.25) is 0 Å². The number of primary amides is 1. The van der Waals surface area contributed by atoms with Crippen LogP contribution in [0.4, 0.5) is 4.79 Å². The Labute approximate surface area is 289 Å². The lowest BCUT2D eigenvalue weighted by Gasteiger charge is -2.38. The number of rotatable bonds is 14. The first-order valence-corrected chi connectivity index (χ1v) is 18.0. The number of carbonyl (C=O) groups is 5. The average molecular weight is 686 g/mol. The van der Waals surface area contributed by atoms with Crippen LogP contribution in [0.25, 0.3) is 0 Å². The van der Waals surface area contributed by atoms with Crippen molar-refractivity contribution in [3.8, 4) is 0 Å². The van der Waals surface area contributed by atoms with Gasteiger partial charge in [0.15, 0.2) is 0 Å². The fourth-order valence-corrected chi connectivity index (χ4v) is 5.84. The van der Waals surface area contributed by atoms with E-state index in [1.54, 1.807) is 0 Å². The Bertz CT molecular complexity index is 1010. The van der Waals surface area contributed by atoms with E-state index in [1.807, 2.05) is 85.1 Å². The zero-order valence-electron chi connectivity index (χ0n) is 31.6. The minimum atomic E-state index is -1.08. The van der Waals surface area contributed by atoms with Gasteiger partial charge in [-0.15, -0.1) is 0 Å². The minimum Gasteiger partial charge on any atom is -0.363 e. The van der Waals surface area contributed by atoms with Crippen molar-refractivity contribution in [1.82, 2.24) is 29.5 Å². The second-order valence-electron chi connectivity index (χ2n) is 14.7. The first kappa shape index (κ1) is 44.6. The van der Waals surface area contributed by atoms with Crippen LogP contribution in [0.3, 0.4) is 0 Å². The van der Waals surface area contributed by atoms with Crippen molar-refractivity contribution >= 4 is 41.7 Å². The van der Waals surface area contributed by atoms with Crippen LogP contribution in [0.15, 0.2) is 0 Å². The largest absolute Gasteiger partial charge is 0.363 e. The maximum absolute atomic E-state index is 13.9. The Kier molecular flexibility index (Phi) is 19.8. The van der Waals surface area contributed by atoms with Crippen molar-refractivity contribution in [2.45, 2.75) is 138 Å². The molecule has 4 unspecified atom stereocenters. The summed E-state index contributed by atoms with van der Waals surface area (Å²) in [7, 11) is 5.85. The quantitative estimate of drug-likeness (QED) is 0.156. The molecule has 0 aromatic carbocycles. The summed E-state index contributed by atoms with van der Waals surface area (Å²) in [4.78, 5) is 66.2. The predicted octanol–water partition coefficient (Wildman–Crippen LogP) is 4.33. The predicted molar refractivity (Wildman–Crippen MR) is 192 cm³/mol. The fourth-order valence-electron chi connectivity index (χ4n) is 5.07. The molecule has 0 bridgehead atoms. The van der Waals surface area contributed by atoms with Crippen molar-refractivity contribution < 1.29 is 24.0 Å². The summed E-state index contributed by atoms with van der Waals surface area (Å²) in [6.45, 7) is 20.9. The highest BCUT2D eigenvalue weighted by atomic mass is 32.2. The van der Waals surface area contributed by atoms with Crippen LogP contribution in [0, 0.1) is 16.7 Å². The second kappa shape index (κ2) is 20.9. The van der Waals surface area contributed by atoms with Gasteiger partial charge in [-0.1, -0.05) is 88.5 Å². The summed E-state index contributed by atoms with van der Waals surface area (Å²) in [5.74, 6) is -2.25. The topological polar surface area (TPSA) is 157 Å². The summed E-state index contributed by atoms with van der Waals surface area (Å²) in [5.41, 5.74) is 4.34. The Hall–Kier alpha value is -2.38. The molecule has 12 nitrogen and oxygen atoms in total. The van der Waals surface area contributed by atoms with Crippen LogP contribution in [-0.2, 0) is 19.2 Å². The van der Waals surface area contributed by atoms with Crippen LogP contribution < -0.4 is 21.7 Å². The first-order valence-electron chi connectivity index (χ1n) is 17.3. The van der Waals surface area contributed by atoms with Crippen molar-refractivity contribution in [2.24, 2.45) is 22.5 Å². The van der Waals surface area contributed by atoms with Gasteiger partial charge in [0.05, 0.1) is 6.04 Å². The molecule has 2 aliphatic rings. The number of urea groups is 1. The molecular weight excluding hydrogens is 618 g/mol. The number of ketones is 1. The van der Waals surface area contributed by atoms with E-state index in [2.05, 4.69) is 29.8 Å². The highest BCUT2D eigenvalue weighted by molar-refractivity contribution is 7.94. The highest BCUT2D eigenvalue weighted by Gasteiger charge is 2.43. The monoisotopic (exact) mass is 685 g/mol. The average Bonchev–Trinajstić information content (AvgIpc) is 3.65. The Morgan fingerprint density at radius 1 is 0.894 bits per heavy atom. The maximum Gasteiger partial charge on any atom is 0.315 e. The van der Waals surface area contributed by atoms with Crippen LogP contribution in [0.1, 0.15) is 114 Å². The number of likely N-dealkylation sites (tertiary alicyclic amines) is 1. The number of Topliss-reactive ketones (excluding diaryl/α,β-unsaturated/α-hetero) is 1. The minimum absolute atomic E-state index is 0.216. The molecule has 0 radical (unpaired) electrons. The third-order valence-electron chi connectivity index (χ3n) is 7.76. The lowest BCUT2D eigenvalue weighted by atomic mass is 9.85. The summed E-state index contributed by atoms with van der Waals surface area (Å²) in [6.07, 6.45) is 5.48. The SMILES string of the molecule is CC.CCC.CN(C)SN(C)CC(NC(=O)NC(C(=O)N1CCCC1C(=O)NC(CCC1CC1)C(=O)C(N)=O)C(C)(C)C)C(C)(C)C. The van der Waals surface area contributed by atoms with E-state index in [4.69, 9.17) is 5.73 Å². The zero-order chi connectivity index (χ0) is 36.7. The molecule has 1 saturated carbocycles. The van der Waals surface area contributed by atoms with E-state index in [9.17, 15) is 24.0 Å². The third kappa shape index (κ3) is 16.5. The van der Waals surface area contributed by atoms with Crippen LogP contribution in [-0.4, -0.2) is 101 Å². The number of nitrogens with one attached hydrogen (secondary N) is 3. The molecule has 1 saturated heterocycles. The second-order valence-corrected chi connectivity index (χ2v) is 16.3. The van der Waals surface area contributed by atoms with Gasteiger partial charge in [-0.3, -0.25) is 19.2 Å². The van der Waals surface area contributed by atoms with E-state index in [0.717, 1.165) is 19.3 Å². The molecule has 0 aromatic rings. The molecule has 274 valence electrons. The number of hydrogen-bond acceptors (Lipinski definition) is 8. The van der Waals surface area contributed by atoms with Gasteiger partial charge >= 0.3 is 6.03 Å². The molecule has 5 amide bonds. The maximum atomic E-state index is 13.9. The van der Waals surface area contributed by atoms with Gasteiger partial charge < -0.3 is 26.6 Å². The molecule has 1 heterocycles. The van der Waals surface area contributed by atoms with Gasteiger partial charge in [0.1, 0.15) is 12.1 Å². The summed E-state index contributed by atoms with van der Waals surface area (Å²) < 4.78 is 4.01. The van der Waals surface area contributed by atoms with E-state index < -0.39 is 47.2 Å². The summed E-state index contributed by atoms with van der Waals surface area (Å²) in [6, 6.07) is -3.40. The Morgan fingerprint density at radius 2 is 1.45 bits per heavy atom. The number of amides is 5. The van der Waals surface area contributed by atoms with E-state index in [1.165, 1.54) is 23.5 Å². The Morgan fingerprint density at radius 3 is 1.89 bits per heavy atom. The summed E-state index contributed by atoms with van der Waals surface area (Å²) >= 11 is 1.53. The van der Waals surface area contributed by atoms with E-state index >= 15 is 0 Å². The lowest BCUT2D eigenvalue weighted by molar-refractivity contribution is -0.143. The van der Waals surface area contributed by atoms with E-state index in [0.29, 0.717) is 38.3 Å². The fraction of sp³-hybridized carbons (Fsp3) is 0.853. The molecular formula is C34H67N7O5S. The smallest absolute Gasteiger partial charge is 0.315 e. The molecule has 1 aliphatic heterocycles. The van der Waals surface area contributed by atoms with Crippen LogP contribution >= 0.6 is 12.1 Å². The van der Waals surface area contributed by atoms with Crippen molar-refractivity contribution in [3.63, 3.8) is 0 Å². The first-order chi connectivity index (χ1) is 21.7. The van der Waals surface area contributed by atoms with Crippen LogP contribution in [0.5, 0.6) is 0 Å². The molecule has 5 N–H and O–H groups in total. The molecule has 1 aliphatic carbocycles. The molecule has 47 heavy (non-hydrogen) atoms. The molecule has 13 heteroatoms. The molecule has 2 fully saturated rings. The van der Waals surface area contributed by atoms with Crippen molar-refractivity contribution in [3.05, 3.63) is 0 Å². The van der Waals surface area contributed by atoms with Gasteiger partial charge in [-0.2, -0.15) is 0 Å². The molecule has 0 spiro atoms. The van der Waals surface area contributed by atoms with Gasteiger partial charge in [-0.05, 0) is 63.6 Å². The normalized spacial score (nSPS) is 18.2.